The number of pyridine rings is 1. The zero-order chi connectivity index (χ0) is 17.5. The van der Waals surface area contributed by atoms with Gasteiger partial charge in [0.25, 0.3) is 5.91 Å². The average molecular weight is 394 g/mol. The lowest BCUT2D eigenvalue weighted by atomic mass is 10.1. The van der Waals surface area contributed by atoms with Crippen molar-refractivity contribution in [3.05, 3.63) is 51.8 Å². The van der Waals surface area contributed by atoms with Crippen LogP contribution in [0.1, 0.15) is 16.8 Å². The SMILES string of the molecule is Cc1ncc(CO)c(/C=N/NC(=O)COc2ccc(Br)cc2)c1O. The molecule has 0 aliphatic rings. The van der Waals surface area contributed by atoms with Gasteiger partial charge in [-0.15, -0.1) is 0 Å². The predicted molar refractivity (Wildman–Crippen MR) is 91.9 cm³/mol. The van der Waals surface area contributed by atoms with Crippen molar-refractivity contribution < 1.29 is 19.7 Å². The topological polar surface area (TPSA) is 104 Å². The van der Waals surface area contributed by atoms with Crippen molar-refractivity contribution in [1.29, 1.82) is 0 Å². The number of hydrogen-bond acceptors (Lipinski definition) is 6. The van der Waals surface area contributed by atoms with E-state index < -0.39 is 5.91 Å². The summed E-state index contributed by atoms with van der Waals surface area (Å²) < 4.78 is 6.22. The minimum atomic E-state index is -0.454. The molecule has 2 rings (SSSR count). The second-order valence-corrected chi connectivity index (χ2v) is 5.74. The highest BCUT2D eigenvalue weighted by molar-refractivity contribution is 9.10. The summed E-state index contributed by atoms with van der Waals surface area (Å²) in [5.41, 5.74) is 3.40. The van der Waals surface area contributed by atoms with E-state index in [1.54, 1.807) is 31.2 Å². The first-order valence-corrected chi connectivity index (χ1v) is 7.79. The summed E-state index contributed by atoms with van der Waals surface area (Å²) in [6.07, 6.45) is 2.70. The monoisotopic (exact) mass is 393 g/mol. The molecule has 1 aromatic heterocycles. The third kappa shape index (κ3) is 4.77. The summed E-state index contributed by atoms with van der Waals surface area (Å²) in [5.74, 6) is 0.0120. The third-order valence-corrected chi connectivity index (χ3v) is 3.62. The lowest BCUT2D eigenvalue weighted by Crippen LogP contribution is -2.24. The summed E-state index contributed by atoms with van der Waals surface area (Å²) >= 11 is 3.31. The maximum atomic E-state index is 11.7. The van der Waals surface area contributed by atoms with Gasteiger partial charge in [-0.3, -0.25) is 9.78 Å². The minimum Gasteiger partial charge on any atom is -0.505 e. The predicted octanol–water partition coefficient (Wildman–Crippen LogP) is 1.88. The molecule has 0 radical (unpaired) electrons. The third-order valence-electron chi connectivity index (χ3n) is 3.09. The number of carbonyl (C=O) groups is 1. The molecule has 126 valence electrons. The number of ether oxygens (including phenoxy) is 1. The fourth-order valence-electron chi connectivity index (χ4n) is 1.80. The van der Waals surface area contributed by atoms with Crippen LogP contribution in [0.5, 0.6) is 11.5 Å². The Balaban J connectivity index is 1.93. The van der Waals surface area contributed by atoms with Crippen molar-refractivity contribution in [3.63, 3.8) is 0 Å². The van der Waals surface area contributed by atoms with Gasteiger partial charge in [-0.05, 0) is 31.2 Å². The lowest BCUT2D eigenvalue weighted by molar-refractivity contribution is -0.123. The van der Waals surface area contributed by atoms with E-state index in [9.17, 15) is 15.0 Å². The van der Waals surface area contributed by atoms with Crippen LogP contribution >= 0.6 is 15.9 Å². The molecule has 3 N–H and O–H groups in total. The first-order valence-electron chi connectivity index (χ1n) is 7.00. The number of nitrogens with one attached hydrogen (secondary N) is 1. The minimum absolute atomic E-state index is 0.0920. The molecule has 1 amide bonds. The van der Waals surface area contributed by atoms with Crippen LogP contribution < -0.4 is 10.2 Å². The molecule has 0 saturated carbocycles. The maximum Gasteiger partial charge on any atom is 0.277 e. The molecule has 1 aromatic carbocycles. The molecule has 0 fully saturated rings. The average Bonchev–Trinajstić information content (AvgIpc) is 2.58. The summed E-state index contributed by atoms with van der Waals surface area (Å²) in [5, 5.41) is 23.0. The molecule has 0 atom stereocenters. The largest absolute Gasteiger partial charge is 0.505 e. The normalized spacial score (nSPS) is 10.8. The van der Waals surface area contributed by atoms with Gasteiger partial charge >= 0.3 is 0 Å². The Kier molecular flexibility index (Phi) is 6.28. The van der Waals surface area contributed by atoms with Crippen molar-refractivity contribution in [2.45, 2.75) is 13.5 Å². The number of aliphatic hydroxyl groups is 1. The number of rotatable bonds is 6. The fourth-order valence-corrected chi connectivity index (χ4v) is 2.07. The molecular formula is C16H16BrN3O4. The highest BCUT2D eigenvalue weighted by atomic mass is 79.9. The number of hydrazone groups is 1. The Morgan fingerprint density at radius 3 is 2.79 bits per heavy atom. The van der Waals surface area contributed by atoms with E-state index >= 15 is 0 Å². The number of aryl methyl sites for hydroxylation is 1. The summed E-state index contributed by atoms with van der Waals surface area (Å²) in [4.78, 5) is 15.6. The van der Waals surface area contributed by atoms with Crippen LogP contribution in [0.2, 0.25) is 0 Å². The second-order valence-electron chi connectivity index (χ2n) is 4.83. The lowest BCUT2D eigenvalue weighted by Gasteiger charge is -2.07. The van der Waals surface area contributed by atoms with Gasteiger partial charge in [0.15, 0.2) is 6.61 Å². The maximum absolute atomic E-state index is 11.7. The number of amides is 1. The number of benzene rings is 1. The van der Waals surface area contributed by atoms with Crippen molar-refractivity contribution in [3.8, 4) is 11.5 Å². The molecule has 2 aromatic rings. The molecular weight excluding hydrogens is 378 g/mol. The first kappa shape index (κ1) is 17.9. The van der Waals surface area contributed by atoms with E-state index in [4.69, 9.17) is 4.74 Å². The molecule has 8 heteroatoms. The van der Waals surface area contributed by atoms with Crippen LogP contribution in [-0.4, -0.2) is 33.9 Å². The Hall–Kier alpha value is -2.45. The number of nitrogens with zero attached hydrogens (tertiary/aromatic N) is 2. The standard InChI is InChI=1S/C16H16BrN3O4/c1-10-16(23)14(11(8-21)6-18-10)7-19-20-15(22)9-24-13-4-2-12(17)3-5-13/h2-7,21,23H,8-9H2,1H3,(H,20,22)/b19-7+. The molecule has 0 aliphatic heterocycles. The van der Waals surface area contributed by atoms with E-state index in [2.05, 4.69) is 31.4 Å². The Morgan fingerprint density at radius 2 is 2.12 bits per heavy atom. The molecule has 0 unspecified atom stereocenters. The smallest absolute Gasteiger partial charge is 0.277 e. The quantitative estimate of drug-likeness (QED) is 0.513. The number of aliphatic hydroxyl groups excluding tert-OH is 1. The molecule has 0 aliphatic carbocycles. The fraction of sp³-hybridized carbons (Fsp3) is 0.188. The number of hydrogen-bond donors (Lipinski definition) is 3. The number of halogens is 1. The Morgan fingerprint density at radius 1 is 1.42 bits per heavy atom. The Labute approximate surface area is 147 Å². The first-order chi connectivity index (χ1) is 11.5. The van der Waals surface area contributed by atoms with Crippen LogP contribution in [0.25, 0.3) is 0 Å². The van der Waals surface area contributed by atoms with E-state index in [1.165, 1.54) is 12.4 Å². The molecule has 0 saturated heterocycles. The van der Waals surface area contributed by atoms with Crippen molar-refractivity contribution in [1.82, 2.24) is 10.4 Å². The summed E-state index contributed by atoms with van der Waals surface area (Å²) in [7, 11) is 0. The molecule has 0 spiro atoms. The van der Waals surface area contributed by atoms with Gasteiger partial charge < -0.3 is 14.9 Å². The molecule has 7 nitrogen and oxygen atoms in total. The van der Waals surface area contributed by atoms with Crippen molar-refractivity contribution >= 4 is 28.1 Å². The molecule has 1 heterocycles. The second kappa shape index (κ2) is 8.42. The van der Waals surface area contributed by atoms with Crippen LogP contribution in [0.4, 0.5) is 0 Å². The highest BCUT2D eigenvalue weighted by Gasteiger charge is 2.09. The molecule has 24 heavy (non-hydrogen) atoms. The van der Waals surface area contributed by atoms with E-state index in [1.807, 2.05) is 0 Å². The number of aromatic hydroxyl groups is 1. The van der Waals surface area contributed by atoms with Crippen LogP contribution in [-0.2, 0) is 11.4 Å². The van der Waals surface area contributed by atoms with E-state index in [0.717, 1.165) is 4.47 Å². The number of carbonyl (C=O) groups excluding carboxylic acids is 1. The van der Waals surface area contributed by atoms with Gasteiger partial charge in [-0.25, -0.2) is 5.43 Å². The zero-order valence-electron chi connectivity index (χ0n) is 12.9. The van der Waals surface area contributed by atoms with Crippen molar-refractivity contribution in [2.24, 2.45) is 5.10 Å². The Bertz CT molecular complexity index is 748. The van der Waals surface area contributed by atoms with Crippen molar-refractivity contribution in [2.75, 3.05) is 6.61 Å². The molecule has 0 bridgehead atoms. The zero-order valence-corrected chi connectivity index (χ0v) is 14.4. The van der Waals surface area contributed by atoms with Gasteiger partial charge in [0.2, 0.25) is 0 Å². The van der Waals surface area contributed by atoms with Crippen LogP contribution in [0, 0.1) is 6.92 Å². The van der Waals surface area contributed by atoms with Gasteiger partial charge in [0.1, 0.15) is 11.5 Å². The van der Waals surface area contributed by atoms with E-state index in [-0.39, 0.29) is 19.0 Å². The highest BCUT2D eigenvalue weighted by Crippen LogP contribution is 2.21. The number of aromatic nitrogens is 1. The van der Waals surface area contributed by atoms with Gasteiger partial charge in [-0.1, -0.05) is 15.9 Å². The summed E-state index contributed by atoms with van der Waals surface area (Å²) in [6, 6.07) is 7.06. The van der Waals surface area contributed by atoms with Gasteiger partial charge in [-0.2, -0.15) is 5.10 Å². The van der Waals surface area contributed by atoms with Crippen LogP contribution in [0.3, 0.4) is 0 Å². The van der Waals surface area contributed by atoms with Gasteiger partial charge in [0.05, 0.1) is 18.5 Å². The van der Waals surface area contributed by atoms with E-state index in [0.29, 0.717) is 22.6 Å². The summed E-state index contributed by atoms with van der Waals surface area (Å²) in [6.45, 7) is 1.12. The van der Waals surface area contributed by atoms with Gasteiger partial charge in [0, 0.05) is 21.8 Å². The van der Waals surface area contributed by atoms with Crippen LogP contribution in [0.15, 0.2) is 40.0 Å².